The molecule has 4 nitrogen and oxygen atoms in total. The summed E-state index contributed by atoms with van der Waals surface area (Å²) in [6.45, 7) is 6.23. The molecule has 0 N–H and O–H groups in total. The van der Waals surface area contributed by atoms with Crippen LogP contribution in [0.15, 0.2) is 24.3 Å². The number of alkyl halides is 3. The molecule has 1 aromatic carbocycles. The van der Waals surface area contributed by atoms with E-state index in [1.165, 1.54) is 19.1 Å². The van der Waals surface area contributed by atoms with E-state index in [0.717, 1.165) is 0 Å². The number of fused-ring (bicyclic) bond motifs is 1. The minimum absolute atomic E-state index is 0.117. The molecule has 0 aromatic heterocycles. The van der Waals surface area contributed by atoms with E-state index in [1.807, 2.05) is 0 Å². The van der Waals surface area contributed by atoms with E-state index in [9.17, 15) is 18.0 Å². The van der Waals surface area contributed by atoms with Crippen LogP contribution in [0.2, 0.25) is 19.6 Å². The SMILES string of the molecule is CCOC(O[Si](C)(C)C)(C1CC(=O)Oc2ccccc21)C(F)(F)F. The summed E-state index contributed by atoms with van der Waals surface area (Å²) in [7, 11) is -2.66. The highest BCUT2D eigenvalue weighted by Crippen LogP contribution is 2.51. The zero-order chi connectivity index (χ0) is 18.2. The second-order valence-corrected chi connectivity index (χ2v) is 11.0. The number of carbonyl (C=O) groups excluding carboxylic acids is 1. The molecule has 0 saturated heterocycles. The third-order valence-electron chi connectivity index (χ3n) is 3.56. The van der Waals surface area contributed by atoms with Gasteiger partial charge in [-0.2, -0.15) is 13.2 Å². The summed E-state index contributed by atoms with van der Waals surface area (Å²) in [6, 6.07) is 6.19. The molecule has 0 aliphatic carbocycles. The van der Waals surface area contributed by atoms with Gasteiger partial charge in [-0.3, -0.25) is 4.79 Å². The van der Waals surface area contributed by atoms with Gasteiger partial charge in [-0.05, 0) is 32.6 Å². The van der Waals surface area contributed by atoms with E-state index in [1.54, 1.807) is 31.8 Å². The van der Waals surface area contributed by atoms with Crippen LogP contribution in [0, 0.1) is 0 Å². The second-order valence-electron chi connectivity index (χ2n) is 6.58. The second kappa shape index (κ2) is 6.49. The number of hydrogen-bond acceptors (Lipinski definition) is 4. The molecule has 0 amide bonds. The standard InChI is InChI=1S/C16H21F3O4Si/c1-5-21-15(16(17,18)19,23-24(2,3)4)12-10-14(20)22-13-9-7-6-8-11(12)13/h6-9,12H,5,10H2,1-4H3. The Hall–Kier alpha value is -1.38. The van der Waals surface area contributed by atoms with E-state index in [0.29, 0.717) is 0 Å². The topological polar surface area (TPSA) is 44.8 Å². The fourth-order valence-electron chi connectivity index (χ4n) is 2.85. The number of para-hydroxylation sites is 1. The van der Waals surface area contributed by atoms with Gasteiger partial charge in [0, 0.05) is 12.2 Å². The Morgan fingerprint density at radius 3 is 2.42 bits per heavy atom. The Bertz CT molecular complexity index is 612. The van der Waals surface area contributed by atoms with Crippen LogP contribution >= 0.6 is 0 Å². The largest absolute Gasteiger partial charge is 0.442 e. The first-order chi connectivity index (χ1) is 11.0. The molecule has 0 radical (unpaired) electrons. The van der Waals surface area contributed by atoms with Gasteiger partial charge in [0.15, 0.2) is 8.32 Å². The molecule has 2 rings (SSSR count). The Kier molecular flexibility index (Phi) is 5.13. The molecular weight excluding hydrogens is 341 g/mol. The van der Waals surface area contributed by atoms with E-state index in [2.05, 4.69) is 0 Å². The number of ether oxygens (including phenoxy) is 2. The van der Waals surface area contributed by atoms with Gasteiger partial charge in [0.1, 0.15) is 5.75 Å². The van der Waals surface area contributed by atoms with Crippen molar-refractivity contribution in [3.63, 3.8) is 0 Å². The van der Waals surface area contributed by atoms with Crippen LogP contribution < -0.4 is 4.74 Å². The monoisotopic (exact) mass is 362 g/mol. The van der Waals surface area contributed by atoms with E-state index in [4.69, 9.17) is 13.9 Å². The third-order valence-corrected chi connectivity index (χ3v) is 4.48. The van der Waals surface area contributed by atoms with Crippen LogP contribution in [0.1, 0.15) is 24.8 Å². The van der Waals surface area contributed by atoms with E-state index >= 15 is 0 Å². The van der Waals surface area contributed by atoms with Crippen LogP contribution in [0.5, 0.6) is 5.75 Å². The molecule has 1 aliphatic rings. The maximum Gasteiger partial charge on any atom is 0.442 e. The molecule has 1 aromatic rings. The number of carbonyl (C=O) groups is 1. The molecule has 8 heteroatoms. The van der Waals surface area contributed by atoms with Crippen LogP contribution in [0.4, 0.5) is 13.2 Å². The molecule has 134 valence electrons. The number of hydrogen-bond donors (Lipinski definition) is 0. The molecule has 0 fully saturated rings. The highest BCUT2D eigenvalue weighted by atomic mass is 28.4. The molecule has 1 heterocycles. The Morgan fingerprint density at radius 2 is 1.88 bits per heavy atom. The van der Waals surface area contributed by atoms with Crippen molar-refractivity contribution in [1.82, 2.24) is 0 Å². The predicted molar refractivity (Wildman–Crippen MR) is 84.3 cm³/mol. The first kappa shape index (κ1) is 18.9. The first-order valence-electron chi connectivity index (χ1n) is 7.70. The molecule has 0 saturated carbocycles. The number of esters is 1. The van der Waals surface area contributed by atoms with Crippen molar-refractivity contribution in [1.29, 1.82) is 0 Å². The summed E-state index contributed by atoms with van der Waals surface area (Å²) in [5.41, 5.74) is 0.265. The maximum absolute atomic E-state index is 14.1. The summed E-state index contributed by atoms with van der Waals surface area (Å²) in [5.74, 6) is -4.80. The summed E-state index contributed by atoms with van der Waals surface area (Å²) in [5, 5.41) is 0. The highest BCUT2D eigenvalue weighted by Gasteiger charge is 2.65. The fraction of sp³-hybridized carbons (Fsp3) is 0.562. The minimum Gasteiger partial charge on any atom is -0.426 e. The van der Waals surface area contributed by atoms with Gasteiger partial charge in [-0.1, -0.05) is 18.2 Å². The van der Waals surface area contributed by atoms with Gasteiger partial charge in [0.2, 0.25) is 0 Å². The molecule has 2 unspecified atom stereocenters. The van der Waals surface area contributed by atoms with Crippen molar-refractivity contribution >= 4 is 14.3 Å². The van der Waals surface area contributed by atoms with Crippen molar-refractivity contribution in [2.24, 2.45) is 0 Å². The van der Waals surface area contributed by atoms with Gasteiger partial charge < -0.3 is 13.9 Å². The van der Waals surface area contributed by atoms with Crippen molar-refractivity contribution < 1.29 is 31.9 Å². The summed E-state index contributed by atoms with van der Waals surface area (Å²) >= 11 is 0. The smallest absolute Gasteiger partial charge is 0.426 e. The van der Waals surface area contributed by atoms with Crippen LogP contribution in [0.3, 0.4) is 0 Å². The van der Waals surface area contributed by atoms with E-state index < -0.39 is 38.6 Å². The lowest BCUT2D eigenvalue weighted by Gasteiger charge is -2.45. The van der Waals surface area contributed by atoms with Crippen molar-refractivity contribution in [2.75, 3.05) is 6.61 Å². The first-order valence-corrected chi connectivity index (χ1v) is 11.1. The van der Waals surface area contributed by atoms with Crippen LogP contribution in [-0.2, 0) is 14.0 Å². The third kappa shape index (κ3) is 3.65. The Morgan fingerprint density at radius 1 is 1.25 bits per heavy atom. The summed E-state index contributed by atoms with van der Waals surface area (Å²) < 4.78 is 58.2. The van der Waals surface area contributed by atoms with Gasteiger partial charge in [0.25, 0.3) is 5.79 Å². The Balaban J connectivity index is 2.64. The molecule has 1 aliphatic heterocycles. The number of halogens is 3. The molecule has 0 bridgehead atoms. The lowest BCUT2D eigenvalue weighted by atomic mass is 9.84. The fourth-order valence-corrected chi connectivity index (χ4v) is 4.08. The highest BCUT2D eigenvalue weighted by molar-refractivity contribution is 6.69. The average molecular weight is 362 g/mol. The quantitative estimate of drug-likeness (QED) is 0.340. The Labute approximate surface area is 140 Å². The molecule has 0 spiro atoms. The van der Waals surface area contributed by atoms with Crippen molar-refractivity contribution in [3.05, 3.63) is 29.8 Å². The van der Waals surface area contributed by atoms with Crippen LogP contribution in [0.25, 0.3) is 0 Å². The van der Waals surface area contributed by atoms with Gasteiger partial charge in [-0.25, -0.2) is 0 Å². The molecular formula is C16H21F3O4Si. The van der Waals surface area contributed by atoms with Gasteiger partial charge >= 0.3 is 12.1 Å². The molecule has 2 atom stereocenters. The average Bonchev–Trinajstić information content (AvgIpc) is 2.43. The summed E-state index contributed by atoms with van der Waals surface area (Å²) in [6.07, 6.45) is -5.26. The minimum atomic E-state index is -4.81. The lowest BCUT2D eigenvalue weighted by molar-refractivity contribution is -0.365. The maximum atomic E-state index is 14.1. The number of benzene rings is 1. The van der Waals surface area contributed by atoms with Crippen LogP contribution in [-0.4, -0.2) is 32.9 Å². The molecule has 24 heavy (non-hydrogen) atoms. The predicted octanol–water partition coefficient (Wildman–Crippen LogP) is 4.23. The lowest BCUT2D eigenvalue weighted by Crippen LogP contribution is -2.59. The van der Waals surface area contributed by atoms with E-state index in [-0.39, 0.29) is 17.9 Å². The van der Waals surface area contributed by atoms with Crippen molar-refractivity contribution in [2.45, 2.75) is 50.9 Å². The van der Waals surface area contributed by atoms with Gasteiger partial charge in [0.05, 0.1) is 12.3 Å². The zero-order valence-electron chi connectivity index (χ0n) is 14.1. The van der Waals surface area contributed by atoms with Gasteiger partial charge in [-0.15, -0.1) is 0 Å². The zero-order valence-corrected chi connectivity index (χ0v) is 15.1. The number of rotatable bonds is 5. The summed E-state index contributed by atoms with van der Waals surface area (Å²) in [4.78, 5) is 11.9. The van der Waals surface area contributed by atoms with Crippen molar-refractivity contribution in [3.8, 4) is 5.75 Å². The normalized spacial score (nSPS) is 21.0.